The summed E-state index contributed by atoms with van der Waals surface area (Å²) in [6.45, 7) is 2.76. The smallest absolute Gasteiger partial charge is 0.341 e. The van der Waals surface area contributed by atoms with Crippen LogP contribution in [0.2, 0.25) is 5.02 Å². The Balaban J connectivity index is 1.77. The summed E-state index contributed by atoms with van der Waals surface area (Å²) >= 11 is 6.23. The summed E-state index contributed by atoms with van der Waals surface area (Å²) in [7, 11) is 0. The van der Waals surface area contributed by atoms with Gasteiger partial charge in [-0.3, -0.25) is 9.59 Å². The minimum absolute atomic E-state index is 0.0456. The number of hydrogen-bond donors (Lipinski definition) is 3. The second kappa shape index (κ2) is 10.7. The van der Waals surface area contributed by atoms with Gasteiger partial charge in [0, 0.05) is 5.69 Å². The molecule has 3 N–H and O–H groups in total. The van der Waals surface area contributed by atoms with E-state index in [2.05, 4.69) is 10.6 Å². The standard InChI is InChI=1S/C23H22ClN3O7/c1-3-33-18-10-14(8-16(24)21(18)34-12-20(29)30)9-17-22(31)27(23(32)26-17)11-19(28)25-15-6-4-5-13(2)7-15/h4-10H,3,11-12H2,1-2H3,(H,25,28)(H,26,32)(H,29,30). The number of ether oxygens (including phenoxy) is 2. The number of aliphatic carboxylic acids is 1. The number of aryl methyl sites for hydroxylation is 1. The fourth-order valence-corrected chi connectivity index (χ4v) is 3.43. The molecule has 1 heterocycles. The first-order chi connectivity index (χ1) is 16.2. The molecule has 0 unspecified atom stereocenters. The first kappa shape index (κ1) is 24.6. The number of carbonyl (C=O) groups excluding carboxylic acids is 3. The Labute approximate surface area is 200 Å². The van der Waals surface area contributed by atoms with E-state index in [9.17, 15) is 19.2 Å². The molecule has 0 aromatic heterocycles. The quantitative estimate of drug-likeness (QED) is 0.365. The van der Waals surface area contributed by atoms with Crippen LogP contribution in [0.25, 0.3) is 6.08 Å². The van der Waals surface area contributed by atoms with Crippen molar-refractivity contribution in [3.63, 3.8) is 0 Å². The Bertz CT molecular complexity index is 1180. The van der Waals surface area contributed by atoms with E-state index in [1.165, 1.54) is 18.2 Å². The summed E-state index contributed by atoms with van der Waals surface area (Å²) in [5.41, 5.74) is 1.83. The van der Waals surface area contributed by atoms with E-state index in [1.807, 2.05) is 13.0 Å². The molecule has 0 spiro atoms. The third kappa shape index (κ3) is 6.04. The van der Waals surface area contributed by atoms with Gasteiger partial charge in [0.25, 0.3) is 5.91 Å². The maximum absolute atomic E-state index is 12.7. The largest absolute Gasteiger partial charge is 0.490 e. The fourth-order valence-electron chi connectivity index (χ4n) is 3.16. The number of anilines is 1. The fraction of sp³-hybridized carbons (Fsp3) is 0.217. The summed E-state index contributed by atoms with van der Waals surface area (Å²) in [4.78, 5) is 49.0. The Morgan fingerprint density at radius 1 is 1.21 bits per heavy atom. The van der Waals surface area contributed by atoms with Crippen LogP contribution in [0.15, 0.2) is 42.1 Å². The molecule has 0 bridgehead atoms. The molecule has 1 aliphatic rings. The van der Waals surface area contributed by atoms with Gasteiger partial charge in [-0.2, -0.15) is 0 Å². The molecule has 1 fully saturated rings. The molecule has 34 heavy (non-hydrogen) atoms. The van der Waals surface area contributed by atoms with Crippen molar-refractivity contribution in [2.45, 2.75) is 13.8 Å². The zero-order chi connectivity index (χ0) is 24.8. The van der Waals surface area contributed by atoms with Crippen LogP contribution in [-0.4, -0.2) is 53.6 Å². The molecule has 2 aromatic carbocycles. The van der Waals surface area contributed by atoms with Crippen molar-refractivity contribution in [2.75, 3.05) is 25.1 Å². The average Bonchev–Trinajstić information content (AvgIpc) is 3.00. The van der Waals surface area contributed by atoms with Crippen molar-refractivity contribution in [3.05, 3.63) is 58.2 Å². The van der Waals surface area contributed by atoms with Gasteiger partial charge in [0.15, 0.2) is 18.1 Å². The average molecular weight is 488 g/mol. The van der Waals surface area contributed by atoms with Crippen molar-refractivity contribution in [1.82, 2.24) is 10.2 Å². The van der Waals surface area contributed by atoms with Gasteiger partial charge in [-0.25, -0.2) is 14.5 Å². The van der Waals surface area contributed by atoms with E-state index in [1.54, 1.807) is 25.1 Å². The van der Waals surface area contributed by atoms with Gasteiger partial charge in [0.1, 0.15) is 12.2 Å². The number of amides is 4. The molecule has 0 saturated carbocycles. The number of halogens is 1. The van der Waals surface area contributed by atoms with Crippen LogP contribution >= 0.6 is 11.6 Å². The predicted octanol–water partition coefficient (Wildman–Crippen LogP) is 3.04. The number of rotatable bonds is 9. The molecule has 2 aromatic rings. The monoisotopic (exact) mass is 487 g/mol. The van der Waals surface area contributed by atoms with Crippen LogP contribution in [0, 0.1) is 6.92 Å². The number of imide groups is 1. The molecule has 3 rings (SSSR count). The number of carbonyl (C=O) groups is 4. The second-order valence-corrected chi connectivity index (χ2v) is 7.65. The molecule has 1 aliphatic heterocycles. The predicted molar refractivity (Wildman–Crippen MR) is 124 cm³/mol. The lowest BCUT2D eigenvalue weighted by Crippen LogP contribution is -2.38. The zero-order valence-corrected chi connectivity index (χ0v) is 19.1. The van der Waals surface area contributed by atoms with Gasteiger partial charge >= 0.3 is 12.0 Å². The molecule has 0 aliphatic carbocycles. The molecule has 178 valence electrons. The summed E-state index contributed by atoms with van der Waals surface area (Å²) in [6, 6.07) is 9.29. The first-order valence-electron chi connectivity index (χ1n) is 10.2. The highest BCUT2D eigenvalue weighted by Crippen LogP contribution is 2.37. The molecule has 4 amide bonds. The van der Waals surface area contributed by atoms with Gasteiger partial charge in [-0.15, -0.1) is 0 Å². The highest BCUT2D eigenvalue weighted by molar-refractivity contribution is 6.32. The Morgan fingerprint density at radius 3 is 2.65 bits per heavy atom. The number of hydrogen-bond acceptors (Lipinski definition) is 6. The number of benzene rings is 2. The second-order valence-electron chi connectivity index (χ2n) is 7.24. The van der Waals surface area contributed by atoms with Gasteiger partial charge in [0.05, 0.1) is 11.6 Å². The topological polar surface area (TPSA) is 134 Å². The molecule has 1 saturated heterocycles. The van der Waals surface area contributed by atoms with E-state index in [0.29, 0.717) is 11.3 Å². The van der Waals surface area contributed by atoms with E-state index >= 15 is 0 Å². The SMILES string of the molecule is CCOc1cc(C=C2NC(=O)N(CC(=O)Nc3cccc(C)c3)C2=O)cc(Cl)c1OCC(=O)O. The first-order valence-corrected chi connectivity index (χ1v) is 10.6. The molecule has 10 nitrogen and oxygen atoms in total. The minimum atomic E-state index is -1.18. The normalized spacial score (nSPS) is 14.2. The van der Waals surface area contributed by atoms with Crippen molar-refractivity contribution in [2.24, 2.45) is 0 Å². The van der Waals surface area contributed by atoms with E-state index < -0.39 is 37.0 Å². The summed E-state index contributed by atoms with van der Waals surface area (Å²) in [5, 5.41) is 14.0. The molecular weight excluding hydrogens is 466 g/mol. The van der Waals surface area contributed by atoms with E-state index in [0.717, 1.165) is 10.5 Å². The van der Waals surface area contributed by atoms with Gasteiger partial charge in [-0.1, -0.05) is 23.7 Å². The molecule has 0 radical (unpaired) electrons. The van der Waals surface area contributed by atoms with Crippen molar-refractivity contribution in [1.29, 1.82) is 0 Å². The van der Waals surface area contributed by atoms with E-state index in [4.69, 9.17) is 26.2 Å². The minimum Gasteiger partial charge on any atom is -0.490 e. The maximum Gasteiger partial charge on any atom is 0.341 e. The van der Waals surface area contributed by atoms with Crippen LogP contribution in [-0.2, 0) is 14.4 Å². The van der Waals surface area contributed by atoms with Crippen LogP contribution in [0.1, 0.15) is 18.1 Å². The van der Waals surface area contributed by atoms with E-state index in [-0.39, 0.29) is 28.8 Å². The maximum atomic E-state index is 12.7. The number of nitrogens with one attached hydrogen (secondary N) is 2. The van der Waals surface area contributed by atoms with Crippen molar-refractivity contribution < 1.29 is 33.8 Å². The number of carboxylic acids is 1. The molecule has 0 atom stereocenters. The highest BCUT2D eigenvalue weighted by Gasteiger charge is 2.35. The lowest BCUT2D eigenvalue weighted by Gasteiger charge is -2.13. The van der Waals surface area contributed by atoms with Gasteiger partial charge in [0.2, 0.25) is 5.91 Å². The van der Waals surface area contributed by atoms with Gasteiger partial charge < -0.3 is 25.2 Å². The summed E-state index contributed by atoms with van der Waals surface area (Å²) in [6.07, 6.45) is 1.37. The third-order valence-electron chi connectivity index (χ3n) is 4.55. The van der Waals surface area contributed by atoms with Crippen LogP contribution in [0.5, 0.6) is 11.5 Å². The van der Waals surface area contributed by atoms with Gasteiger partial charge in [-0.05, 0) is 55.3 Å². The van der Waals surface area contributed by atoms with Crippen molar-refractivity contribution in [3.8, 4) is 11.5 Å². The van der Waals surface area contributed by atoms with Crippen molar-refractivity contribution >= 4 is 47.2 Å². The molecule has 11 heteroatoms. The number of carboxylic acid groups (broad SMARTS) is 1. The third-order valence-corrected chi connectivity index (χ3v) is 4.83. The Kier molecular flexibility index (Phi) is 7.75. The highest BCUT2D eigenvalue weighted by atomic mass is 35.5. The van der Waals surface area contributed by atoms with Crippen LogP contribution < -0.4 is 20.1 Å². The lowest BCUT2D eigenvalue weighted by molar-refractivity contribution is -0.139. The molecular formula is C23H22ClN3O7. The van der Waals surface area contributed by atoms with Crippen LogP contribution in [0.3, 0.4) is 0 Å². The number of nitrogens with zero attached hydrogens (tertiary/aromatic N) is 1. The number of urea groups is 1. The summed E-state index contributed by atoms with van der Waals surface area (Å²) < 4.78 is 10.7. The Morgan fingerprint density at radius 2 is 1.97 bits per heavy atom. The Hall–Kier alpha value is -4.05. The zero-order valence-electron chi connectivity index (χ0n) is 18.4. The lowest BCUT2D eigenvalue weighted by atomic mass is 10.1. The van der Waals surface area contributed by atoms with Crippen LogP contribution in [0.4, 0.5) is 10.5 Å². The summed E-state index contributed by atoms with van der Waals surface area (Å²) in [5.74, 6) is -2.18.